The Morgan fingerprint density at radius 1 is 0.629 bits per heavy atom. The molecule has 0 spiro atoms. The summed E-state index contributed by atoms with van der Waals surface area (Å²) in [6.45, 7) is 7.88. The van der Waals surface area contributed by atoms with Crippen molar-refractivity contribution in [2.24, 2.45) is 17.8 Å². The standard InChI is InChI=1S/C31H58O4/c1-4-5-6-7-8-9-12-15-18-24-34-30(32)28-22-20-23-29(26-28)31(33)35-25-19-16-13-10-11-14-17-21-27(2)3/h27-29H,4-26H2,1-3H3. The molecule has 1 aliphatic carbocycles. The van der Waals surface area contributed by atoms with Gasteiger partial charge < -0.3 is 9.47 Å². The predicted molar refractivity (Wildman–Crippen MR) is 146 cm³/mol. The Morgan fingerprint density at radius 2 is 1.03 bits per heavy atom. The number of hydrogen-bond donors (Lipinski definition) is 0. The first-order valence-electron chi connectivity index (χ1n) is 15.4. The van der Waals surface area contributed by atoms with Crippen molar-refractivity contribution >= 4 is 11.9 Å². The van der Waals surface area contributed by atoms with Gasteiger partial charge in [0.2, 0.25) is 0 Å². The lowest BCUT2D eigenvalue weighted by atomic mass is 9.81. The van der Waals surface area contributed by atoms with E-state index in [1.165, 1.54) is 83.5 Å². The predicted octanol–water partition coefficient (Wildman–Crippen LogP) is 9.19. The Hall–Kier alpha value is -1.06. The Morgan fingerprint density at radius 3 is 1.46 bits per heavy atom. The van der Waals surface area contributed by atoms with Gasteiger partial charge in [0.1, 0.15) is 0 Å². The maximum atomic E-state index is 12.5. The van der Waals surface area contributed by atoms with E-state index in [9.17, 15) is 9.59 Å². The minimum absolute atomic E-state index is 0.101. The van der Waals surface area contributed by atoms with Gasteiger partial charge in [-0.15, -0.1) is 0 Å². The van der Waals surface area contributed by atoms with E-state index in [0.29, 0.717) is 19.6 Å². The molecule has 0 aromatic heterocycles. The molecule has 0 saturated heterocycles. The molecule has 1 saturated carbocycles. The van der Waals surface area contributed by atoms with E-state index in [1.54, 1.807) is 0 Å². The molecule has 0 aromatic carbocycles. The second-order valence-corrected chi connectivity index (χ2v) is 11.4. The summed E-state index contributed by atoms with van der Waals surface area (Å²) in [5, 5.41) is 0. The van der Waals surface area contributed by atoms with E-state index in [0.717, 1.165) is 50.9 Å². The van der Waals surface area contributed by atoms with Gasteiger partial charge in [-0.25, -0.2) is 0 Å². The molecule has 35 heavy (non-hydrogen) atoms. The molecule has 4 nitrogen and oxygen atoms in total. The van der Waals surface area contributed by atoms with E-state index < -0.39 is 0 Å². The second-order valence-electron chi connectivity index (χ2n) is 11.4. The molecule has 4 heteroatoms. The fraction of sp³-hybridized carbons (Fsp3) is 0.935. The van der Waals surface area contributed by atoms with Gasteiger partial charge >= 0.3 is 11.9 Å². The maximum absolute atomic E-state index is 12.5. The van der Waals surface area contributed by atoms with Gasteiger partial charge in [-0.1, -0.05) is 124 Å². The van der Waals surface area contributed by atoms with E-state index in [4.69, 9.17) is 9.47 Å². The van der Waals surface area contributed by atoms with Gasteiger partial charge in [0.15, 0.2) is 0 Å². The number of esters is 2. The van der Waals surface area contributed by atoms with Gasteiger partial charge in [-0.05, 0) is 38.0 Å². The van der Waals surface area contributed by atoms with E-state index in [2.05, 4.69) is 20.8 Å². The van der Waals surface area contributed by atoms with Gasteiger partial charge in [-0.2, -0.15) is 0 Å². The summed E-state index contributed by atoms with van der Waals surface area (Å²) >= 11 is 0. The molecule has 0 radical (unpaired) electrons. The van der Waals surface area contributed by atoms with Crippen LogP contribution in [0.2, 0.25) is 0 Å². The highest BCUT2D eigenvalue weighted by Crippen LogP contribution is 2.31. The first-order chi connectivity index (χ1) is 17.0. The van der Waals surface area contributed by atoms with Crippen molar-refractivity contribution in [1.82, 2.24) is 0 Å². The third kappa shape index (κ3) is 17.9. The van der Waals surface area contributed by atoms with Crippen LogP contribution in [0, 0.1) is 17.8 Å². The zero-order chi connectivity index (χ0) is 25.6. The minimum Gasteiger partial charge on any atom is -0.465 e. The van der Waals surface area contributed by atoms with Crippen LogP contribution in [-0.4, -0.2) is 25.2 Å². The molecule has 0 aliphatic heterocycles. The van der Waals surface area contributed by atoms with Crippen LogP contribution < -0.4 is 0 Å². The molecule has 1 fully saturated rings. The molecular formula is C31H58O4. The van der Waals surface area contributed by atoms with Crippen molar-refractivity contribution in [3.05, 3.63) is 0 Å². The quantitative estimate of drug-likeness (QED) is 0.111. The van der Waals surface area contributed by atoms with Crippen LogP contribution in [0.25, 0.3) is 0 Å². The lowest BCUT2D eigenvalue weighted by Crippen LogP contribution is -2.30. The summed E-state index contributed by atoms with van der Waals surface area (Å²) in [5.41, 5.74) is 0. The smallest absolute Gasteiger partial charge is 0.308 e. The molecule has 1 aliphatic rings. The minimum atomic E-state index is -0.130. The lowest BCUT2D eigenvalue weighted by molar-refractivity contribution is -0.155. The summed E-state index contributed by atoms with van der Waals surface area (Å²) in [4.78, 5) is 25.0. The zero-order valence-corrected chi connectivity index (χ0v) is 23.6. The Labute approximate surface area is 217 Å². The molecule has 2 unspecified atom stereocenters. The zero-order valence-electron chi connectivity index (χ0n) is 23.6. The second kappa shape index (κ2) is 22.2. The molecular weight excluding hydrogens is 436 g/mol. The summed E-state index contributed by atoms with van der Waals surface area (Å²) in [6, 6.07) is 0. The van der Waals surface area contributed by atoms with Crippen LogP contribution in [0.3, 0.4) is 0 Å². The number of carbonyl (C=O) groups is 2. The topological polar surface area (TPSA) is 52.6 Å². The maximum Gasteiger partial charge on any atom is 0.308 e. The van der Waals surface area contributed by atoms with E-state index in [1.807, 2.05) is 0 Å². The van der Waals surface area contributed by atoms with Crippen LogP contribution in [-0.2, 0) is 19.1 Å². The van der Waals surface area contributed by atoms with Crippen LogP contribution >= 0.6 is 0 Å². The fourth-order valence-corrected chi connectivity index (χ4v) is 5.15. The number of carbonyl (C=O) groups excluding carboxylic acids is 2. The van der Waals surface area contributed by atoms with Crippen LogP contribution in [0.1, 0.15) is 156 Å². The highest BCUT2D eigenvalue weighted by molar-refractivity contribution is 5.76. The Kier molecular flexibility index (Phi) is 20.2. The average Bonchev–Trinajstić information content (AvgIpc) is 2.86. The average molecular weight is 495 g/mol. The summed E-state index contributed by atoms with van der Waals surface area (Å²) in [5.74, 6) is 0.357. The lowest BCUT2D eigenvalue weighted by Gasteiger charge is -2.26. The number of unbranched alkanes of at least 4 members (excludes halogenated alkanes) is 14. The number of hydrogen-bond acceptors (Lipinski definition) is 4. The number of ether oxygens (including phenoxy) is 2. The Balaban J connectivity index is 2.02. The van der Waals surface area contributed by atoms with Crippen LogP contribution in [0.5, 0.6) is 0 Å². The normalized spacial score (nSPS) is 18.1. The first kappa shape index (κ1) is 32.0. The van der Waals surface area contributed by atoms with Crippen molar-refractivity contribution in [1.29, 1.82) is 0 Å². The molecule has 0 aromatic rings. The molecule has 0 amide bonds. The third-order valence-electron chi connectivity index (χ3n) is 7.50. The highest BCUT2D eigenvalue weighted by Gasteiger charge is 2.32. The van der Waals surface area contributed by atoms with Gasteiger partial charge in [-0.3, -0.25) is 9.59 Å². The van der Waals surface area contributed by atoms with Crippen molar-refractivity contribution in [2.75, 3.05) is 13.2 Å². The van der Waals surface area contributed by atoms with Gasteiger partial charge in [0.25, 0.3) is 0 Å². The SMILES string of the molecule is CCCCCCCCCCCOC(=O)C1CCCC(C(=O)OCCCCCCCCCC(C)C)C1. The monoisotopic (exact) mass is 494 g/mol. The van der Waals surface area contributed by atoms with Gasteiger partial charge in [0.05, 0.1) is 25.0 Å². The summed E-state index contributed by atoms with van der Waals surface area (Å²) in [7, 11) is 0. The fourth-order valence-electron chi connectivity index (χ4n) is 5.15. The molecule has 0 N–H and O–H groups in total. The van der Waals surface area contributed by atoms with Crippen molar-refractivity contribution in [2.45, 2.75) is 156 Å². The van der Waals surface area contributed by atoms with Crippen LogP contribution in [0.15, 0.2) is 0 Å². The highest BCUT2D eigenvalue weighted by atomic mass is 16.5. The van der Waals surface area contributed by atoms with E-state index >= 15 is 0 Å². The molecule has 1 rings (SSSR count). The van der Waals surface area contributed by atoms with Crippen molar-refractivity contribution in [3.63, 3.8) is 0 Å². The van der Waals surface area contributed by atoms with Crippen molar-refractivity contribution < 1.29 is 19.1 Å². The number of rotatable bonds is 22. The summed E-state index contributed by atoms with van der Waals surface area (Å²) < 4.78 is 11.1. The Bertz CT molecular complexity index is 516. The molecule has 206 valence electrons. The van der Waals surface area contributed by atoms with E-state index in [-0.39, 0.29) is 23.8 Å². The molecule has 2 atom stereocenters. The largest absolute Gasteiger partial charge is 0.465 e. The van der Waals surface area contributed by atoms with Crippen LogP contribution in [0.4, 0.5) is 0 Å². The first-order valence-corrected chi connectivity index (χ1v) is 15.4. The molecule has 0 bridgehead atoms. The third-order valence-corrected chi connectivity index (χ3v) is 7.50. The van der Waals surface area contributed by atoms with Gasteiger partial charge in [0, 0.05) is 0 Å². The van der Waals surface area contributed by atoms with Crippen molar-refractivity contribution in [3.8, 4) is 0 Å². The molecule has 0 heterocycles. The summed E-state index contributed by atoms with van der Waals surface area (Å²) in [6.07, 6.45) is 24.5.